The first-order chi connectivity index (χ1) is 8.59. The molecule has 0 aromatic carbocycles. The molecule has 1 aromatic heterocycles. The Labute approximate surface area is 107 Å². The molecule has 0 atom stereocenters. The second kappa shape index (κ2) is 5.38. The van der Waals surface area contributed by atoms with Gasteiger partial charge in [-0.3, -0.25) is 4.79 Å². The summed E-state index contributed by atoms with van der Waals surface area (Å²) in [7, 11) is 0. The Bertz CT molecular complexity index is 470. The van der Waals surface area contributed by atoms with Crippen molar-refractivity contribution < 1.29 is 9.21 Å². The number of amides is 1. The first kappa shape index (κ1) is 12.9. The molecule has 1 aromatic rings. The molecule has 0 unspecified atom stereocenters. The van der Waals surface area contributed by atoms with Gasteiger partial charge < -0.3 is 9.32 Å². The molecule has 0 N–H and O–H groups in total. The molecule has 2 heterocycles. The molecule has 1 saturated heterocycles. The molecule has 4 nitrogen and oxygen atoms in total. The Balaban J connectivity index is 2.30. The highest BCUT2D eigenvalue weighted by Crippen LogP contribution is 2.17. The lowest BCUT2D eigenvalue weighted by Crippen LogP contribution is -2.33. The van der Waals surface area contributed by atoms with Crippen molar-refractivity contribution in [3.8, 4) is 0 Å². The smallest absolute Gasteiger partial charge is 0.336 e. The molecule has 98 valence electrons. The molecular weight excluding hydrogens is 230 g/mol. The summed E-state index contributed by atoms with van der Waals surface area (Å²) in [4.78, 5) is 25.6. The minimum atomic E-state index is -0.391. The van der Waals surface area contributed by atoms with Crippen LogP contribution in [0.15, 0.2) is 15.3 Å². The van der Waals surface area contributed by atoms with E-state index in [2.05, 4.69) is 0 Å². The van der Waals surface area contributed by atoms with Gasteiger partial charge in [0.25, 0.3) is 5.91 Å². The van der Waals surface area contributed by atoms with E-state index in [1.54, 1.807) is 13.8 Å². The molecule has 1 fully saturated rings. The molecule has 0 saturated carbocycles. The van der Waals surface area contributed by atoms with Gasteiger partial charge in [-0.25, -0.2) is 4.79 Å². The van der Waals surface area contributed by atoms with Gasteiger partial charge in [-0.1, -0.05) is 12.8 Å². The van der Waals surface area contributed by atoms with Gasteiger partial charge in [-0.05, 0) is 32.3 Å². The monoisotopic (exact) mass is 249 g/mol. The van der Waals surface area contributed by atoms with Gasteiger partial charge in [0.2, 0.25) is 0 Å². The van der Waals surface area contributed by atoms with Crippen molar-refractivity contribution in [3.05, 3.63) is 33.4 Å². The van der Waals surface area contributed by atoms with Crippen molar-refractivity contribution >= 4 is 5.91 Å². The number of rotatable bonds is 1. The van der Waals surface area contributed by atoms with Gasteiger partial charge in [-0.2, -0.15) is 0 Å². The van der Waals surface area contributed by atoms with Crippen LogP contribution in [0.2, 0.25) is 0 Å². The van der Waals surface area contributed by atoms with E-state index in [1.165, 1.54) is 18.9 Å². The van der Waals surface area contributed by atoms with Crippen LogP contribution in [-0.4, -0.2) is 23.9 Å². The van der Waals surface area contributed by atoms with Gasteiger partial charge in [0, 0.05) is 19.2 Å². The molecule has 4 heteroatoms. The lowest BCUT2D eigenvalue weighted by Gasteiger charge is -2.21. The third-order valence-electron chi connectivity index (χ3n) is 3.44. The fraction of sp³-hybridized carbons (Fsp3) is 0.571. The predicted octanol–water partition coefficient (Wildman–Crippen LogP) is 2.27. The molecule has 1 aliphatic rings. The van der Waals surface area contributed by atoms with E-state index < -0.39 is 5.63 Å². The zero-order valence-corrected chi connectivity index (χ0v) is 11.0. The Hall–Kier alpha value is -1.58. The highest BCUT2D eigenvalue weighted by Gasteiger charge is 2.22. The summed E-state index contributed by atoms with van der Waals surface area (Å²) >= 11 is 0. The molecular formula is C14H19NO3. The number of likely N-dealkylation sites (tertiary alicyclic amines) is 1. The Morgan fingerprint density at radius 1 is 1.17 bits per heavy atom. The standard InChI is InChI=1S/C14H19NO3/c1-10-9-12(16)18-11(2)13(10)14(17)15-7-5-3-4-6-8-15/h9H,3-8H2,1-2H3. The normalized spacial score (nSPS) is 16.4. The highest BCUT2D eigenvalue weighted by atomic mass is 16.4. The van der Waals surface area contributed by atoms with E-state index in [4.69, 9.17) is 4.42 Å². The van der Waals surface area contributed by atoms with E-state index in [0.717, 1.165) is 25.9 Å². The van der Waals surface area contributed by atoms with Crippen LogP contribution < -0.4 is 5.63 Å². The Morgan fingerprint density at radius 2 is 1.78 bits per heavy atom. The average molecular weight is 249 g/mol. The number of hydrogen-bond donors (Lipinski definition) is 0. The van der Waals surface area contributed by atoms with Crippen LogP contribution >= 0.6 is 0 Å². The number of aryl methyl sites for hydroxylation is 2. The lowest BCUT2D eigenvalue weighted by molar-refractivity contribution is 0.0756. The molecule has 18 heavy (non-hydrogen) atoms. The minimum absolute atomic E-state index is 0.00403. The third-order valence-corrected chi connectivity index (χ3v) is 3.44. The van der Waals surface area contributed by atoms with Crippen molar-refractivity contribution in [2.75, 3.05) is 13.1 Å². The average Bonchev–Trinajstić information content (AvgIpc) is 2.55. The van der Waals surface area contributed by atoms with E-state index >= 15 is 0 Å². The van der Waals surface area contributed by atoms with Crippen LogP contribution in [0.5, 0.6) is 0 Å². The number of carbonyl (C=O) groups is 1. The highest BCUT2D eigenvalue weighted by molar-refractivity contribution is 5.96. The second-order valence-electron chi connectivity index (χ2n) is 4.89. The molecule has 1 aliphatic heterocycles. The topological polar surface area (TPSA) is 50.5 Å². The maximum atomic E-state index is 12.5. The van der Waals surface area contributed by atoms with Crippen LogP contribution in [0, 0.1) is 13.8 Å². The number of hydrogen-bond acceptors (Lipinski definition) is 3. The van der Waals surface area contributed by atoms with Gasteiger partial charge >= 0.3 is 5.63 Å². The summed E-state index contributed by atoms with van der Waals surface area (Å²) < 4.78 is 5.03. The molecule has 0 aliphatic carbocycles. The van der Waals surface area contributed by atoms with E-state index in [0.29, 0.717) is 16.9 Å². The first-order valence-electron chi connectivity index (χ1n) is 6.50. The van der Waals surface area contributed by atoms with Gasteiger partial charge in [0.05, 0.1) is 5.56 Å². The third kappa shape index (κ3) is 2.63. The maximum Gasteiger partial charge on any atom is 0.336 e. The van der Waals surface area contributed by atoms with Gasteiger partial charge in [0.15, 0.2) is 0 Å². The molecule has 0 radical (unpaired) electrons. The Kier molecular flexibility index (Phi) is 3.84. The summed E-state index contributed by atoms with van der Waals surface area (Å²) in [6, 6.07) is 1.39. The van der Waals surface area contributed by atoms with Crippen LogP contribution in [0.25, 0.3) is 0 Å². The zero-order chi connectivity index (χ0) is 13.1. The summed E-state index contributed by atoms with van der Waals surface area (Å²) in [6.07, 6.45) is 4.48. The Morgan fingerprint density at radius 3 is 2.33 bits per heavy atom. The quantitative estimate of drug-likeness (QED) is 0.767. The van der Waals surface area contributed by atoms with Crippen molar-refractivity contribution in [2.24, 2.45) is 0 Å². The summed E-state index contributed by atoms with van der Waals surface area (Å²) in [6.45, 7) is 5.07. The van der Waals surface area contributed by atoms with Crippen molar-refractivity contribution in [2.45, 2.75) is 39.5 Å². The molecule has 2 rings (SSSR count). The number of carbonyl (C=O) groups excluding carboxylic acids is 1. The van der Waals surface area contributed by atoms with E-state index in [1.807, 2.05) is 4.90 Å². The van der Waals surface area contributed by atoms with Crippen LogP contribution in [0.1, 0.15) is 47.4 Å². The van der Waals surface area contributed by atoms with E-state index in [9.17, 15) is 9.59 Å². The van der Waals surface area contributed by atoms with Crippen LogP contribution in [-0.2, 0) is 0 Å². The minimum Gasteiger partial charge on any atom is -0.427 e. The fourth-order valence-corrected chi connectivity index (χ4v) is 2.51. The molecule has 1 amide bonds. The van der Waals surface area contributed by atoms with Crippen LogP contribution in [0.4, 0.5) is 0 Å². The summed E-state index contributed by atoms with van der Waals surface area (Å²) in [5.41, 5.74) is 0.868. The van der Waals surface area contributed by atoms with Crippen molar-refractivity contribution in [1.29, 1.82) is 0 Å². The first-order valence-corrected chi connectivity index (χ1v) is 6.50. The van der Waals surface area contributed by atoms with Crippen molar-refractivity contribution in [1.82, 2.24) is 4.90 Å². The van der Waals surface area contributed by atoms with E-state index in [-0.39, 0.29) is 5.91 Å². The largest absolute Gasteiger partial charge is 0.427 e. The maximum absolute atomic E-state index is 12.5. The van der Waals surface area contributed by atoms with Gasteiger partial charge in [0.1, 0.15) is 5.76 Å². The zero-order valence-electron chi connectivity index (χ0n) is 11.0. The van der Waals surface area contributed by atoms with Crippen molar-refractivity contribution in [3.63, 3.8) is 0 Å². The molecule has 0 bridgehead atoms. The number of nitrogens with zero attached hydrogens (tertiary/aromatic N) is 1. The van der Waals surface area contributed by atoms with Crippen LogP contribution in [0.3, 0.4) is 0 Å². The fourth-order valence-electron chi connectivity index (χ4n) is 2.51. The summed E-state index contributed by atoms with van der Waals surface area (Å²) in [5, 5.41) is 0. The van der Waals surface area contributed by atoms with Gasteiger partial charge in [-0.15, -0.1) is 0 Å². The molecule has 0 spiro atoms. The lowest BCUT2D eigenvalue weighted by atomic mass is 10.1. The summed E-state index contributed by atoms with van der Waals surface area (Å²) in [5.74, 6) is 0.421. The second-order valence-corrected chi connectivity index (χ2v) is 4.89. The predicted molar refractivity (Wildman–Crippen MR) is 68.8 cm³/mol. The SMILES string of the molecule is Cc1cc(=O)oc(C)c1C(=O)N1CCCCCC1.